The zero-order valence-corrected chi connectivity index (χ0v) is 10.9. The lowest BCUT2D eigenvalue weighted by molar-refractivity contribution is -0.128. The van der Waals surface area contributed by atoms with Gasteiger partial charge in [0.05, 0.1) is 0 Å². The minimum Gasteiger partial charge on any atom is -0.354 e. The molecule has 104 valence electrons. The van der Waals surface area contributed by atoms with Gasteiger partial charge in [-0.2, -0.15) is 0 Å². The molecule has 0 atom stereocenters. The second-order valence-electron chi connectivity index (χ2n) is 5.83. The van der Waals surface area contributed by atoms with Gasteiger partial charge in [-0.15, -0.1) is 0 Å². The van der Waals surface area contributed by atoms with E-state index < -0.39 is 11.6 Å². The maximum absolute atomic E-state index is 12.0. The summed E-state index contributed by atoms with van der Waals surface area (Å²) in [6.07, 6.45) is 5.54. The standard InChI is InChI=1S/C13H19N3O3/c17-10(14-7-9-3-4-9)8-16-12(19)15-11(18)13(16)5-1-2-6-13/h9H,1-8H2,(H,14,17)(H,15,18,19). The highest BCUT2D eigenvalue weighted by Crippen LogP contribution is 2.38. The molecule has 3 aliphatic rings. The first-order valence-corrected chi connectivity index (χ1v) is 7.01. The SMILES string of the molecule is O=C(CN1C(=O)NC(=O)C12CCCC2)NCC1CC1. The van der Waals surface area contributed by atoms with Gasteiger partial charge in [0, 0.05) is 6.54 Å². The van der Waals surface area contributed by atoms with Gasteiger partial charge in [0.2, 0.25) is 5.91 Å². The zero-order valence-electron chi connectivity index (χ0n) is 10.9. The maximum atomic E-state index is 12.0. The minimum absolute atomic E-state index is 0.00963. The summed E-state index contributed by atoms with van der Waals surface area (Å²) < 4.78 is 0. The van der Waals surface area contributed by atoms with E-state index in [9.17, 15) is 14.4 Å². The van der Waals surface area contributed by atoms with E-state index in [1.54, 1.807) is 0 Å². The molecule has 19 heavy (non-hydrogen) atoms. The van der Waals surface area contributed by atoms with Gasteiger partial charge >= 0.3 is 6.03 Å². The van der Waals surface area contributed by atoms with Crippen molar-refractivity contribution < 1.29 is 14.4 Å². The number of amides is 4. The van der Waals surface area contributed by atoms with E-state index >= 15 is 0 Å². The van der Waals surface area contributed by atoms with Crippen LogP contribution in [-0.2, 0) is 9.59 Å². The van der Waals surface area contributed by atoms with Crippen LogP contribution in [0.1, 0.15) is 38.5 Å². The predicted molar refractivity (Wildman–Crippen MR) is 67.2 cm³/mol. The molecule has 2 saturated carbocycles. The quantitative estimate of drug-likeness (QED) is 0.721. The van der Waals surface area contributed by atoms with Gasteiger partial charge in [0.15, 0.2) is 0 Å². The lowest BCUT2D eigenvalue weighted by Gasteiger charge is -2.30. The van der Waals surface area contributed by atoms with Gasteiger partial charge in [-0.25, -0.2) is 4.79 Å². The summed E-state index contributed by atoms with van der Waals surface area (Å²) in [6.45, 7) is 0.680. The second-order valence-corrected chi connectivity index (χ2v) is 5.83. The molecule has 0 bridgehead atoms. The number of rotatable bonds is 4. The Morgan fingerprint density at radius 2 is 2.00 bits per heavy atom. The molecule has 6 nitrogen and oxygen atoms in total. The predicted octanol–water partition coefficient (Wildman–Crippen LogP) is 0.377. The summed E-state index contributed by atoms with van der Waals surface area (Å²) in [6, 6.07) is -0.423. The summed E-state index contributed by atoms with van der Waals surface area (Å²) in [7, 11) is 0. The fourth-order valence-electron chi connectivity index (χ4n) is 3.06. The average Bonchev–Trinajstić information content (AvgIpc) is 3.03. The highest BCUT2D eigenvalue weighted by atomic mass is 16.2. The number of urea groups is 1. The summed E-state index contributed by atoms with van der Waals surface area (Å²) in [4.78, 5) is 37.1. The number of hydrogen-bond acceptors (Lipinski definition) is 3. The van der Waals surface area contributed by atoms with E-state index in [4.69, 9.17) is 0 Å². The normalized spacial score (nSPS) is 24.9. The molecule has 0 aromatic heterocycles. The number of nitrogens with one attached hydrogen (secondary N) is 2. The molecule has 0 radical (unpaired) electrons. The first kappa shape index (κ1) is 12.4. The van der Waals surface area contributed by atoms with Crippen molar-refractivity contribution in [3.05, 3.63) is 0 Å². The summed E-state index contributed by atoms with van der Waals surface area (Å²) in [5.41, 5.74) is -0.756. The van der Waals surface area contributed by atoms with Crippen molar-refractivity contribution in [3.63, 3.8) is 0 Å². The van der Waals surface area contributed by atoms with Gasteiger partial charge in [0.25, 0.3) is 5.91 Å². The van der Waals surface area contributed by atoms with Crippen LogP contribution in [0.3, 0.4) is 0 Å². The lowest BCUT2D eigenvalue weighted by atomic mass is 9.96. The second kappa shape index (κ2) is 4.51. The van der Waals surface area contributed by atoms with Gasteiger partial charge in [-0.3, -0.25) is 14.9 Å². The maximum Gasteiger partial charge on any atom is 0.325 e. The van der Waals surface area contributed by atoms with E-state index in [0.29, 0.717) is 25.3 Å². The highest BCUT2D eigenvalue weighted by molar-refractivity contribution is 6.08. The molecule has 2 N–H and O–H groups in total. The Bertz CT molecular complexity index is 425. The van der Waals surface area contributed by atoms with Crippen LogP contribution < -0.4 is 10.6 Å². The van der Waals surface area contributed by atoms with Crippen molar-refractivity contribution in [1.29, 1.82) is 0 Å². The third-order valence-corrected chi connectivity index (χ3v) is 4.42. The van der Waals surface area contributed by atoms with Gasteiger partial charge in [-0.1, -0.05) is 12.8 Å². The van der Waals surface area contributed by atoms with Crippen LogP contribution in [0.15, 0.2) is 0 Å². The molecule has 6 heteroatoms. The van der Waals surface area contributed by atoms with Crippen LogP contribution >= 0.6 is 0 Å². The van der Waals surface area contributed by atoms with E-state index in [2.05, 4.69) is 10.6 Å². The Morgan fingerprint density at radius 3 is 2.63 bits per heavy atom. The third kappa shape index (κ3) is 2.19. The molecule has 0 aromatic rings. The topological polar surface area (TPSA) is 78.5 Å². The van der Waals surface area contributed by atoms with Gasteiger partial charge < -0.3 is 10.2 Å². The van der Waals surface area contributed by atoms with E-state index in [1.807, 2.05) is 0 Å². The van der Waals surface area contributed by atoms with Crippen molar-refractivity contribution in [1.82, 2.24) is 15.5 Å². The van der Waals surface area contributed by atoms with Crippen LogP contribution in [0, 0.1) is 5.92 Å². The molecule has 1 saturated heterocycles. The first-order chi connectivity index (χ1) is 9.12. The zero-order chi connectivity index (χ0) is 13.5. The van der Waals surface area contributed by atoms with E-state index in [-0.39, 0.29) is 18.4 Å². The fraction of sp³-hybridized carbons (Fsp3) is 0.769. The average molecular weight is 265 g/mol. The number of nitrogens with zero attached hydrogens (tertiary/aromatic N) is 1. The number of imide groups is 1. The Labute approximate surface area is 111 Å². The molecule has 3 rings (SSSR count). The Hall–Kier alpha value is -1.59. The van der Waals surface area contributed by atoms with Gasteiger partial charge in [0.1, 0.15) is 12.1 Å². The van der Waals surface area contributed by atoms with Crippen LogP contribution in [0.4, 0.5) is 4.79 Å². The molecule has 0 unspecified atom stereocenters. The van der Waals surface area contributed by atoms with Crippen molar-refractivity contribution in [2.24, 2.45) is 5.92 Å². The van der Waals surface area contributed by atoms with E-state index in [1.165, 1.54) is 17.7 Å². The highest BCUT2D eigenvalue weighted by Gasteiger charge is 2.54. The summed E-state index contributed by atoms with van der Waals surface area (Å²) >= 11 is 0. The van der Waals surface area contributed by atoms with Crippen molar-refractivity contribution in [3.8, 4) is 0 Å². The molecule has 1 heterocycles. The number of carbonyl (C=O) groups excluding carboxylic acids is 3. The minimum atomic E-state index is -0.756. The number of hydrogen-bond donors (Lipinski definition) is 2. The smallest absolute Gasteiger partial charge is 0.325 e. The molecule has 1 aliphatic heterocycles. The molecule has 0 aromatic carbocycles. The van der Waals surface area contributed by atoms with Crippen LogP contribution in [-0.4, -0.2) is 41.4 Å². The first-order valence-electron chi connectivity index (χ1n) is 7.01. The van der Waals surface area contributed by atoms with Crippen LogP contribution in [0.5, 0.6) is 0 Å². The largest absolute Gasteiger partial charge is 0.354 e. The van der Waals surface area contributed by atoms with Crippen molar-refractivity contribution >= 4 is 17.8 Å². The summed E-state index contributed by atoms with van der Waals surface area (Å²) in [5, 5.41) is 5.19. The summed E-state index contributed by atoms with van der Waals surface area (Å²) in [5.74, 6) is 0.214. The van der Waals surface area contributed by atoms with Crippen molar-refractivity contribution in [2.45, 2.75) is 44.1 Å². The number of carbonyl (C=O) groups is 3. The van der Waals surface area contributed by atoms with Crippen LogP contribution in [0.2, 0.25) is 0 Å². The van der Waals surface area contributed by atoms with Crippen molar-refractivity contribution in [2.75, 3.05) is 13.1 Å². The molecule has 3 fully saturated rings. The Kier molecular flexibility index (Phi) is 2.95. The monoisotopic (exact) mass is 265 g/mol. The molecule has 4 amide bonds. The molecular formula is C13H19N3O3. The van der Waals surface area contributed by atoms with Gasteiger partial charge in [-0.05, 0) is 31.6 Å². The third-order valence-electron chi connectivity index (χ3n) is 4.42. The Balaban J connectivity index is 1.65. The van der Waals surface area contributed by atoms with E-state index in [0.717, 1.165) is 12.8 Å². The Morgan fingerprint density at radius 1 is 1.32 bits per heavy atom. The molecule has 2 aliphatic carbocycles. The fourth-order valence-corrected chi connectivity index (χ4v) is 3.06. The lowest BCUT2D eigenvalue weighted by Crippen LogP contribution is -2.51. The van der Waals surface area contributed by atoms with Crippen LogP contribution in [0.25, 0.3) is 0 Å². The molecule has 1 spiro atoms. The molecular weight excluding hydrogens is 246 g/mol.